The first kappa shape index (κ1) is 14.9. The maximum absolute atomic E-state index is 13.8. The predicted octanol–water partition coefficient (Wildman–Crippen LogP) is 1.75. The second-order valence-electron chi connectivity index (χ2n) is 4.37. The van der Waals surface area contributed by atoms with E-state index in [4.69, 9.17) is 5.11 Å². The number of thioether (sulfide) groups is 1. The number of carbonyl (C=O) groups is 1. The summed E-state index contributed by atoms with van der Waals surface area (Å²) in [6, 6.07) is 4.31. The van der Waals surface area contributed by atoms with Crippen molar-refractivity contribution in [1.82, 2.24) is 4.90 Å². The number of aliphatic hydroxyl groups excluding tert-OH is 1. The van der Waals surface area contributed by atoms with Gasteiger partial charge in [-0.1, -0.05) is 11.8 Å². The van der Waals surface area contributed by atoms with Crippen LogP contribution in [0.4, 0.5) is 4.39 Å². The molecule has 1 fully saturated rings. The molecule has 1 heterocycles. The van der Waals surface area contributed by atoms with Gasteiger partial charge in [-0.15, -0.1) is 0 Å². The van der Waals surface area contributed by atoms with Gasteiger partial charge in [0.15, 0.2) is 0 Å². The van der Waals surface area contributed by atoms with Crippen molar-refractivity contribution in [2.24, 2.45) is 0 Å². The minimum absolute atomic E-state index is 0.00851. The molecule has 1 amide bonds. The minimum atomic E-state index is -0.513. The standard InChI is InChI=1S/C15H16FNO2S/c16-14-5-4-12(3-1-2-8-18)11-13(14)15(19)17-6-9-20-10-7-17/h4-5,11,18H,2,6-10H2. The maximum Gasteiger partial charge on any atom is 0.256 e. The summed E-state index contributed by atoms with van der Waals surface area (Å²) in [5.41, 5.74) is 0.669. The van der Waals surface area contributed by atoms with Gasteiger partial charge in [0.05, 0.1) is 12.2 Å². The molecule has 0 radical (unpaired) electrons. The van der Waals surface area contributed by atoms with Crippen LogP contribution >= 0.6 is 11.8 Å². The van der Waals surface area contributed by atoms with Gasteiger partial charge in [-0.2, -0.15) is 11.8 Å². The fourth-order valence-corrected chi connectivity index (χ4v) is 2.83. The number of nitrogens with zero attached hydrogens (tertiary/aromatic N) is 1. The maximum atomic E-state index is 13.8. The lowest BCUT2D eigenvalue weighted by molar-refractivity contribution is 0.0767. The quantitative estimate of drug-likeness (QED) is 0.845. The summed E-state index contributed by atoms with van der Waals surface area (Å²) >= 11 is 1.80. The van der Waals surface area contributed by atoms with Gasteiger partial charge in [-0.3, -0.25) is 4.79 Å². The molecule has 0 bridgehead atoms. The first-order valence-electron chi connectivity index (χ1n) is 6.48. The molecule has 106 valence electrons. The largest absolute Gasteiger partial charge is 0.395 e. The Labute approximate surface area is 122 Å². The van der Waals surface area contributed by atoms with Gasteiger partial charge < -0.3 is 10.0 Å². The van der Waals surface area contributed by atoms with Crippen molar-refractivity contribution < 1.29 is 14.3 Å². The molecule has 1 aromatic rings. The van der Waals surface area contributed by atoms with Crippen LogP contribution in [0.3, 0.4) is 0 Å². The summed E-state index contributed by atoms with van der Waals surface area (Å²) in [7, 11) is 0. The minimum Gasteiger partial charge on any atom is -0.395 e. The summed E-state index contributed by atoms with van der Waals surface area (Å²) in [5.74, 6) is 6.59. The highest BCUT2D eigenvalue weighted by Gasteiger charge is 2.21. The molecule has 20 heavy (non-hydrogen) atoms. The number of amides is 1. The van der Waals surface area contributed by atoms with Gasteiger partial charge in [0.2, 0.25) is 0 Å². The third-order valence-electron chi connectivity index (χ3n) is 2.96. The Hall–Kier alpha value is -1.51. The first-order chi connectivity index (χ1) is 9.72. The van der Waals surface area contributed by atoms with Gasteiger partial charge >= 0.3 is 0 Å². The lowest BCUT2D eigenvalue weighted by atomic mass is 10.1. The molecule has 1 aliphatic heterocycles. The molecule has 1 N–H and O–H groups in total. The number of aliphatic hydroxyl groups is 1. The van der Waals surface area contributed by atoms with Gasteiger partial charge in [0, 0.05) is 36.6 Å². The van der Waals surface area contributed by atoms with Gasteiger partial charge in [-0.25, -0.2) is 4.39 Å². The van der Waals surface area contributed by atoms with Crippen molar-refractivity contribution in [2.75, 3.05) is 31.2 Å². The molecule has 2 rings (SSSR count). The van der Waals surface area contributed by atoms with Crippen LogP contribution in [0.2, 0.25) is 0 Å². The van der Waals surface area contributed by atoms with E-state index in [0.29, 0.717) is 25.1 Å². The van der Waals surface area contributed by atoms with E-state index in [0.717, 1.165) is 11.5 Å². The van der Waals surface area contributed by atoms with E-state index >= 15 is 0 Å². The molecule has 1 saturated heterocycles. The summed E-state index contributed by atoms with van der Waals surface area (Å²) in [6.07, 6.45) is 0.365. The second kappa shape index (κ2) is 7.32. The molecule has 1 aliphatic rings. The average molecular weight is 293 g/mol. The molecule has 1 aromatic carbocycles. The smallest absolute Gasteiger partial charge is 0.256 e. The van der Waals surface area contributed by atoms with Crippen molar-refractivity contribution in [3.05, 3.63) is 35.1 Å². The van der Waals surface area contributed by atoms with Crippen LogP contribution < -0.4 is 0 Å². The average Bonchev–Trinajstić information content (AvgIpc) is 2.49. The number of benzene rings is 1. The number of halogens is 1. The Morgan fingerprint density at radius 1 is 1.40 bits per heavy atom. The van der Waals surface area contributed by atoms with E-state index in [1.54, 1.807) is 22.7 Å². The van der Waals surface area contributed by atoms with Crippen LogP contribution in [-0.4, -0.2) is 47.1 Å². The van der Waals surface area contributed by atoms with Gasteiger partial charge in [-0.05, 0) is 18.2 Å². The van der Waals surface area contributed by atoms with E-state index in [1.807, 2.05) is 0 Å². The highest BCUT2D eigenvalue weighted by Crippen LogP contribution is 2.16. The SMILES string of the molecule is O=C(c1cc(C#CCCO)ccc1F)N1CCSCC1. The van der Waals surface area contributed by atoms with Gasteiger partial charge in [0.25, 0.3) is 5.91 Å². The molecular weight excluding hydrogens is 277 g/mol. The van der Waals surface area contributed by atoms with E-state index in [9.17, 15) is 9.18 Å². The van der Waals surface area contributed by atoms with Crippen molar-refractivity contribution in [3.8, 4) is 11.8 Å². The predicted molar refractivity (Wildman–Crippen MR) is 78.2 cm³/mol. The summed E-state index contributed by atoms with van der Waals surface area (Å²) in [5, 5.41) is 8.68. The van der Waals surface area contributed by atoms with Crippen LogP contribution in [0.25, 0.3) is 0 Å². The van der Waals surface area contributed by atoms with E-state index in [1.165, 1.54) is 12.1 Å². The summed E-state index contributed by atoms with van der Waals surface area (Å²) in [4.78, 5) is 14.0. The highest BCUT2D eigenvalue weighted by molar-refractivity contribution is 7.99. The fourth-order valence-electron chi connectivity index (χ4n) is 1.92. The fraction of sp³-hybridized carbons (Fsp3) is 0.400. The van der Waals surface area contributed by atoms with Crippen LogP contribution in [0.15, 0.2) is 18.2 Å². The van der Waals surface area contributed by atoms with Crippen LogP contribution in [0.5, 0.6) is 0 Å². The topological polar surface area (TPSA) is 40.5 Å². The van der Waals surface area contributed by atoms with E-state index in [2.05, 4.69) is 11.8 Å². The molecule has 0 unspecified atom stereocenters. The Morgan fingerprint density at radius 2 is 2.15 bits per heavy atom. The third-order valence-corrected chi connectivity index (χ3v) is 3.91. The number of rotatable bonds is 2. The molecule has 0 saturated carbocycles. The number of carbonyl (C=O) groups excluding carboxylic acids is 1. The lowest BCUT2D eigenvalue weighted by Crippen LogP contribution is -2.38. The Morgan fingerprint density at radius 3 is 2.85 bits per heavy atom. The molecule has 0 aromatic heterocycles. The lowest BCUT2D eigenvalue weighted by Gasteiger charge is -2.26. The highest BCUT2D eigenvalue weighted by atomic mass is 32.2. The molecule has 0 spiro atoms. The Balaban J connectivity index is 2.19. The molecular formula is C15H16FNO2S. The number of hydrogen-bond acceptors (Lipinski definition) is 3. The zero-order valence-corrected chi connectivity index (χ0v) is 11.9. The first-order valence-corrected chi connectivity index (χ1v) is 7.64. The van der Waals surface area contributed by atoms with Crippen LogP contribution in [0.1, 0.15) is 22.3 Å². The molecule has 3 nitrogen and oxygen atoms in total. The van der Waals surface area contributed by atoms with E-state index in [-0.39, 0.29) is 18.1 Å². The van der Waals surface area contributed by atoms with E-state index < -0.39 is 5.82 Å². The van der Waals surface area contributed by atoms with Gasteiger partial charge in [0.1, 0.15) is 5.82 Å². The second-order valence-corrected chi connectivity index (χ2v) is 5.60. The van der Waals surface area contributed by atoms with Crippen LogP contribution in [-0.2, 0) is 0 Å². The van der Waals surface area contributed by atoms with Crippen molar-refractivity contribution in [1.29, 1.82) is 0 Å². The third kappa shape index (κ3) is 3.75. The molecule has 5 heteroatoms. The zero-order valence-electron chi connectivity index (χ0n) is 11.1. The zero-order chi connectivity index (χ0) is 14.4. The van der Waals surface area contributed by atoms with Crippen molar-refractivity contribution in [3.63, 3.8) is 0 Å². The molecule has 0 aliphatic carbocycles. The Bertz CT molecular complexity index is 545. The normalized spacial score (nSPS) is 14.6. The summed E-state index contributed by atoms with van der Waals surface area (Å²) < 4.78 is 13.8. The van der Waals surface area contributed by atoms with Crippen molar-refractivity contribution >= 4 is 17.7 Å². The Kier molecular flexibility index (Phi) is 5.45. The van der Waals surface area contributed by atoms with Crippen LogP contribution in [0, 0.1) is 17.7 Å². The monoisotopic (exact) mass is 293 g/mol. The molecule has 0 atom stereocenters. The number of hydrogen-bond donors (Lipinski definition) is 1. The summed E-state index contributed by atoms with van der Waals surface area (Å²) in [6.45, 7) is 1.30. The van der Waals surface area contributed by atoms with Crippen molar-refractivity contribution in [2.45, 2.75) is 6.42 Å².